The molecule has 1 heterocycles. The van der Waals surface area contributed by atoms with Gasteiger partial charge in [-0.3, -0.25) is 0 Å². The number of halogens is 3. The maximum Gasteiger partial charge on any atom is 0.201 e. The lowest BCUT2D eigenvalue weighted by molar-refractivity contribution is -0.0215. The van der Waals surface area contributed by atoms with Crippen molar-refractivity contribution in [2.24, 2.45) is 5.92 Å². The second-order valence-corrected chi connectivity index (χ2v) is 8.44. The molecule has 0 amide bonds. The van der Waals surface area contributed by atoms with Crippen LogP contribution in [0.25, 0.3) is 11.1 Å². The number of hydrogen-bond acceptors (Lipinski definition) is 2. The van der Waals surface area contributed by atoms with E-state index >= 15 is 0 Å². The largest absolute Gasteiger partial charge is 0.490 e. The topological polar surface area (TPSA) is 18.5 Å². The maximum absolute atomic E-state index is 14.9. The third-order valence-electron chi connectivity index (χ3n) is 6.05. The van der Waals surface area contributed by atoms with Crippen LogP contribution in [0, 0.1) is 23.4 Å². The highest BCUT2D eigenvalue weighted by Gasteiger charge is 2.25. The van der Waals surface area contributed by atoms with Crippen LogP contribution in [0.5, 0.6) is 5.75 Å². The van der Waals surface area contributed by atoms with Gasteiger partial charge in [-0.25, -0.2) is 8.78 Å². The SMILES string of the molecule is CCCCCC1CCC(c2ccc(-c3ccc(OCCCC)c(F)c3F)cc2F)OC1. The minimum Gasteiger partial charge on any atom is -0.490 e. The number of rotatable bonds is 10. The Morgan fingerprint density at radius 3 is 2.42 bits per heavy atom. The highest BCUT2D eigenvalue weighted by Crippen LogP contribution is 2.36. The molecule has 5 heteroatoms. The summed E-state index contributed by atoms with van der Waals surface area (Å²) in [4.78, 5) is 0. The molecule has 0 radical (unpaired) electrons. The molecule has 2 unspecified atom stereocenters. The lowest BCUT2D eigenvalue weighted by atomic mass is 9.90. The summed E-state index contributed by atoms with van der Waals surface area (Å²) >= 11 is 0. The molecule has 170 valence electrons. The number of ether oxygens (including phenoxy) is 2. The number of unbranched alkanes of at least 4 members (excludes halogenated alkanes) is 3. The molecule has 0 aromatic heterocycles. The molecular formula is C26H33F3O2. The standard InChI is InChI=1S/C26H33F3O2/c1-3-5-7-8-18-9-13-23(31-17-18)21-11-10-19(16-22(21)27)20-12-14-24(26(29)25(20)28)30-15-6-4-2/h10-12,14,16,18,23H,3-9,13,15,17H2,1-2H3. The average molecular weight is 435 g/mol. The first kappa shape index (κ1) is 23.6. The fourth-order valence-electron chi connectivity index (χ4n) is 4.11. The number of benzene rings is 2. The Labute approximate surface area is 183 Å². The van der Waals surface area contributed by atoms with Gasteiger partial charge in [-0.05, 0) is 55.4 Å². The molecule has 2 aromatic rings. The second-order valence-electron chi connectivity index (χ2n) is 8.44. The van der Waals surface area contributed by atoms with Crippen LogP contribution in [-0.2, 0) is 4.74 Å². The maximum atomic E-state index is 14.9. The summed E-state index contributed by atoms with van der Waals surface area (Å²) in [6.07, 6.45) is 7.98. The third kappa shape index (κ3) is 6.03. The Bertz CT molecular complexity index is 845. The molecule has 3 rings (SSSR count). The molecule has 31 heavy (non-hydrogen) atoms. The Balaban J connectivity index is 1.68. The zero-order valence-corrected chi connectivity index (χ0v) is 18.6. The summed E-state index contributed by atoms with van der Waals surface area (Å²) in [5, 5.41) is 0. The van der Waals surface area contributed by atoms with Gasteiger partial charge in [0.05, 0.1) is 19.3 Å². The van der Waals surface area contributed by atoms with Gasteiger partial charge in [0, 0.05) is 11.1 Å². The van der Waals surface area contributed by atoms with E-state index < -0.39 is 17.5 Å². The summed E-state index contributed by atoms with van der Waals surface area (Å²) < 4.78 is 55.1. The molecule has 2 atom stereocenters. The van der Waals surface area contributed by atoms with Crippen LogP contribution in [-0.4, -0.2) is 13.2 Å². The normalized spacial score (nSPS) is 18.9. The molecule has 1 aliphatic rings. The van der Waals surface area contributed by atoms with E-state index in [9.17, 15) is 13.2 Å². The molecule has 2 nitrogen and oxygen atoms in total. The van der Waals surface area contributed by atoms with Gasteiger partial charge in [0.15, 0.2) is 11.6 Å². The Kier molecular flexibility index (Phi) is 8.82. The van der Waals surface area contributed by atoms with Gasteiger partial charge in [-0.1, -0.05) is 51.7 Å². The Morgan fingerprint density at radius 2 is 1.74 bits per heavy atom. The van der Waals surface area contributed by atoms with Crippen LogP contribution in [0.4, 0.5) is 13.2 Å². The van der Waals surface area contributed by atoms with Gasteiger partial charge in [-0.15, -0.1) is 0 Å². The van der Waals surface area contributed by atoms with E-state index in [4.69, 9.17) is 9.47 Å². The van der Waals surface area contributed by atoms with E-state index in [2.05, 4.69) is 6.92 Å². The Hall–Kier alpha value is -2.01. The van der Waals surface area contributed by atoms with Crippen LogP contribution in [0.1, 0.15) is 76.9 Å². The van der Waals surface area contributed by atoms with Crippen molar-refractivity contribution >= 4 is 0 Å². The van der Waals surface area contributed by atoms with Gasteiger partial charge in [0.1, 0.15) is 5.82 Å². The van der Waals surface area contributed by atoms with E-state index in [1.165, 1.54) is 37.5 Å². The Morgan fingerprint density at radius 1 is 0.935 bits per heavy atom. The summed E-state index contributed by atoms with van der Waals surface area (Å²) in [6, 6.07) is 7.37. The van der Waals surface area contributed by atoms with E-state index in [0.717, 1.165) is 32.1 Å². The molecule has 1 saturated heterocycles. The van der Waals surface area contributed by atoms with Crippen molar-refractivity contribution in [3.8, 4) is 16.9 Å². The first-order valence-electron chi connectivity index (χ1n) is 11.6. The van der Waals surface area contributed by atoms with Crippen LogP contribution >= 0.6 is 0 Å². The fraction of sp³-hybridized carbons (Fsp3) is 0.538. The van der Waals surface area contributed by atoms with Crippen molar-refractivity contribution in [2.75, 3.05) is 13.2 Å². The molecule has 1 fully saturated rings. The first-order chi connectivity index (χ1) is 15.0. The van der Waals surface area contributed by atoms with Crippen LogP contribution in [0.2, 0.25) is 0 Å². The van der Waals surface area contributed by atoms with E-state index in [0.29, 0.717) is 30.3 Å². The van der Waals surface area contributed by atoms with Gasteiger partial charge >= 0.3 is 0 Å². The van der Waals surface area contributed by atoms with E-state index in [1.807, 2.05) is 6.92 Å². The summed E-state index contributed by atoms with van der Waals surface area (Å²) in [7, 11) is 0. The zero-order valence-electron chi connectivity index (χ0n) is 18.6. The van der Waals surface area contributed by atoms with Crippen molar-refractivity contribution in [1.82, 2.24) is 0 Å². The van der Waals surface area contributed by atoms with Crippen molar-refractivity contribution in [3.05, 3.63) is 53.3 Å². The predicted octanol–water partition coefficient (Wildman–Crippen LogP) is 8.00. The highest BCUT2D eigenvalue weighted by atomic mass is 19.2. The average Bonchev–Trinajstić information content (AvgIpc) is 2.78. The summed E-state index contributed by atoms with van der Waals surface area (Å²) in [5.74, 6) is -2.08. The van der Waals surface area contributed by atoms with Gasteiger partial charge in [0.2, 0.25) is 5.82 Å². The monoisotopic (exact) mass is 434 g/mol. The molecule has 0 aliphatic carbocycles. The molecule has 0 bridgehead atoms. The molecule has 0 spiro atoms. The summed E-state index contributed by atoms with van der Waals surface area (Å²) in [5.41, 5.74) is 0.800. The van der Waals surface area contributed by atoms with Crippen molar-refractivity contribution in [1.29, 1.82) is 0 Å². The quantitative estimate of drug-likeness (QED) is 0.353. The smallest absolute Gasteiger partial charge is 0.201 e. The fourth-order valence-corrected chi connectivity index (χ4v) is 4.11. The van der Waals surface area contributed by atoms with E-state index in [1.54, 1.807) is 12.1 Å². The van der Waals surface area contributed by atoms with Gasteiger partial charge in [-0.2, -0.15) is 4.39 Å². The minimum atomic E-state index is -1.04. The molecule has 2 aromatic carbocycles. The highest BCUT2D eigenvalue weighted by molar-refractivity contribution is 5.66. The lowest BCUT2D eigenvalue weighted by Gasteiger charge is -2.29. The van der Waals surface area contributed by atoms with Crippen LogP contribution in [0.3, 0.4) is 0 Å². The third-order valence-corrected chi connectivity index (χ3v) is 6.05. The van der Waals surface area contributed by atoms with Crippen LogP contribution < -0.4 is 4.74 Å². The van der Waals surface area contributed by atoms with Crippen molar-refractivity contribution in [2.45, 2.75) is 71.3 Å². The summed E-state index contributed by atoms with van der Waals surface area (Å²) in [6.45, 7) is 5.16. The minimum absolute atomic E-state index is 0.0198. The zero-order chi connectivity index (χ0) is 22.2. The van der Waals surface area contributed by atoms with Gasteiger partial charge < -0.3 is 9.47 Å². The molecule has 1 aliphatic heterocycles. The molecule has 0 N–H and O–H groups in total. The predicted molar refractivity (Wildman–Crippen MR) is 118 cm³/mol. The van der Waals surface area contributed by atoms with Crippen LogP contribution in [0.15, 0.2) is 30.3 Å². The lowest BCUT2D eigenvalue weighted by Crippen LogP contribution is -2.21. The number of hydrogen-bond donors (Lipinski definition) is 0. The van der Waals surface area contributed by atoms with Gasteiger partial charge in [0.25, 0.3) is 0 Å². The van der Waals surface area contributed by atoms with Crippen molar-refractivity contribution in [3.63, 3.8) is 0 Å². The van der Waals surface area contributed by atoms with Crippen molar-refractivity contribution < 1.29 is 22.6 Å². The molecule has 0 saturated carbocycles. The van der Waals surface area contributed by atoms with E-state index in [-0.39, 0.29) is 17.4 Å². The first-order valence-corrected chi connectivity index (χ1v) is 11.6. The molecular weight excluding hydrogens is 401 g/mol. The second kappa shape index (κ2) is 11.6.